The van der Waals surface area contributed by atoms with E-state index in [0.29, 0.717) is 11.8 Å². The summed E-state index contributed by atoms with van der Waals surface area (Å²) >= 11 is 3.58. The number of hydrogen-bond acceptors (Lipinski definition) is 2. The Morgan fingerprint density at radius 3 is 2.47 bits per heavy atom. The highest BCUT2D eigenvalue weighted by Crippen LogP contribution is 2.31. The van der Waals surface area contributed by atoms with E-state index in [1.54, 1.807) is 0 Å². The number of rotatable bonds is 2. The van der Waals surface area contributed by atoms with Gasteiger partial charge in [0.1, 0.15) is 0 Å². The molecule has 1 aromatic rings. The van der Waals surface area contributed by atoms with Crippen molar-refractivity contribution in [3.8, 4) is 0 Å². The Morgan fingerprint density at radius 1 is 1.21 bits per heavy atom. The molecule has 0 radical (unpaired) electrons. The van der Waals surface area contributed by atoms with Gasteiger partial charge in [-0.3, -0.25) is 4.79 Å². The first kappa shape index (κ1) is 13.0. The first-order valence-corrected chi connectivity index (χ1v) is 7.74. The number of aryl methyl sites for hydroxylation is 1. The summed E-state index contributed by atoms with van der Waals surface area (Å²) in [5.41, 5.74) is 2.50. The van der Waals surface area contributed by atoms with E-state index in [9.17, 15) is 4.79 Å². The van der Waals surface area contributed by atoms with Crippen LogP contribution in [0.25, 0.3) is 0 Å². The van der Waals surface area contributed by atoms with Crippen LogP contribution in [0.15, 0.2) is 22.7 Å². The Balaban J connectivity index is 1.62. The predicted octanol–water partition coefficient (Wildman–Crippen LogP) is 2.82. The fourth-order valence-corrected chi connectivity index (χ4v) is 2.92. The zero-order valence-corrected chi connectivity index (χ0v) is 12.8. The van der Waals surface area contributed by atoms with Gasteiger partial charge in [0.05, 0.1) is 0 Å². The smallest absolute Gasteiger partial charge is 0.225 e. The van der Waals surface area contributed by atoms with Gasteiger partial charge in [0, 0.05) is 42.3 Å². The van der Waals surface area contributed by atoms with Crippen molar-refractivity contribution in [2.24, 2.45) is 5.92 Å². The molecule has 4 heteroatoms. The summed E-state index contributed by atoms with van der Waals surface area (Å²) in [6.45, 7) is 5.70. The van der Waals surface area contributed by atoms with Crippen molar-refractivity contribution in [2.45, 2.75) is 19.8 Å². The van der Waals surface area contributed by atoms with E-state index in [-0.39, 0.29) is 0 Å². The van der Waals surface area contributed by atoms with Crippen LogP contribution in [-0.4, -0.2) is 37.0 Å². The Bertz CT molecular complexity index is 491. The van der Waals surface area contributed by atoms with Crippen molar-refractivity contribution >= 4 is 27.5 Å². The van der Waals surface area contributed by atoms with Crippen molar-refractivity contribution in [3.63, 3.8) is 0 Å². The summed E-state index contributed by atoms with van der Waals surface area (Å²) < 4.78 is 1.15. The molecule has 0 aromatic heterocycles. The minimum absolute atomic E-state index is 0.347. The van der Waals surface area contributed by atoms with E-state index in [1.807, 2.05) is 4.90 Å². The van der Waals surface area contributed by atoms with Crippen LogP contribution in [0.3, 0.4) is 0 Å². The summed E-state index contributed by atoms with van der Waals surface area (Å²) in [5.74, 6) is 0.727. The Hall–Kier alpha value is -1.03. The molecule has 102 valence electrons. The quantitative estimate of drug-likeness (QED) is 0.836. The van der Waals surface area contributed by atoms with E-state index < -0.39 is 0 Å². The van der Waals surface area contributed by atoms with E-state index >= 15 is 0 Å². The predicted molar refractivity (Wildman–Crippen MR) is 80.4 cm³/mol. The molecular weight excluding hydrogens is 304 g/mol. The highest BCUT2D eigenvalue weighted by molar-refractivity contribution is 9.10. The molecule has 0 unspecified atom stereocenters. The second-order valence-electron chi connectivity index (χ2n) is 5.52. The van der Waals surface area contributed by atoms with E-state index in [0.717, 1.165) is 43.5 Å². The summed E-state index contributed by atoms with van der Waals surface area (Å²) in [4.78, 5) is 16.4. The van der Waals surface area contributed by atoms with Gasteiger partial charge in [0.2, 0.25) is 5.91 Å². The number of nitrogens with zero attached hydrogens (tertiary/aromatic N) is 2. The number of halogens is 1. The van der Waals surface area contributed by atoms with Gasteiger partial charge in [0.25, 0.3) is 0 Å². The van der Waals surface area contributed by atoms with Gasteiger partial charge >= 0.3 is 0 Å². The topological polar surface area (TPSA) is 23.6 Å². The lowest BCUT2D eigenvalue weighted by molar-refractivity contribution is -0.132. The maximum absolute atomic E-state index is 12.0. The normalized spacial score (nSPS) is 19.7. The fraction of sp³-hybridized carbons (Fsp3) is 0.533. The highest BCUT2D eigenvalue weighted by atomic mass is 79.9. The molecule has 2 aliphatic rings. The molecule has 1 heterocycles. The molecule has 1 aromatic carbocycles. The van der Waals surface area contributed by atoms with Crippen LogP contribution in [0, 0.1) is 12.8 Å². The van der Waals surface area contributed by atoms with Crippen LogP contribution < -0.4 is 4.90 Å². The average molecular weight is 323 g/mol. The molecule has 1 saturated carbocycles. The third-order valence-electron chi connectivity index (χ3n) is 4.04. The number of anilines is 1. The first-order valence-electron chi connectivity index (χ1n) is 6.95. The van der Waals surface area contributed by atoms with Gasteiger partial charge in [0.15, 0.2) is 0 Å². The van der Waals surface area contributed by atoms with Gasteiger partial charge in [-0.1, -0.05) is 22.0 Å². The van der Waals surface area contributed by atoms with Crippen LogP contribution in [0.5, 0.6) is 0 Å². The molecule has 3 nitrogen and oxygen atoms in total. The number of carbonyl (C=O) groups excluding carboxylic acids is 1. The zero-order chi connectivity index (χ0) is 13.4. The van der Waals surface area contributed by atoms with Crippen molar-refractivity contribution in [3.05, 3.63) is 28.2 Å². The lowest BCUT2D eigenvalue weighted by Gasteiger charge is -2.36. The van der Waals surface area contributed by atoms with Gasteiger partial charge in [-0.15, -0.1) is 0 Å². The molecule has 1 aliphatic heterocycles. The van der Waals surface area contributed by atoms with Crippen LogP contribution >= 0.6 is 15.9 Å². The minimum atomic E-state index is 0.347. The van der Waals surface area contributed by atoms with Crippen molar-refractivity contribution in [1.82, 2.24) is 4.90 Å². The molecule has 0 N–H and O–H groups in total. The van der Waals surface area contributed by atoms with Crippen LogP contribution in [0.2, 0.25) is 0 Å². The largest absolute Gasteiger partial charge is 0.368 e. The molecule has 0 bridgehead atoms. The Labute approximate surface area is 122 Å². The molecule has 1 aliphatic carbocycles. The number of hydrogen-bond donors (Lipinski definition) is 0. The van der Waals surface area contributed by atoms with Gasteiger partial charge in [-0.2, -0.15) is 0 Å². The third kappa shape index (κ3) is 2.78. The fourth-order valence-electron chi connectivity index (χ4n) is 2.55. The van der Waals surface area contributed by atoms with E-state index in [2.05, 4.69) is 46.0 Å². The SMILES string of the molecule is Cc1ccc(N2CCN(C(=O)C3CC3)CC2)cc1Br. The molecule has 1 amide bonds. The molecular formula is C15H19BrN2O. The maximum Gasteiger partial charge on any atom is 0.225 e. The number of amides is 1. The zero-order valence-electron chi connectivity index (χ0n) is 11.2. The monoisotopic (exact) mass is 322 g/mol. The van der Waals surface area contributed by atoms with E-state index in [1.165, 1.54) is 11.3 Å². The first-order chi connectivity index (χ1) is 9.15. The lowest BCUT2D eigenvalue weighted by atomic mass is 10.2. The van der Waals surface area contributed by atoms with Crippen LogP contribution in [-0.2, 0) is 4.79 Å². The standard InChI is InChI=1S/C15H19BrN2O/c1-11-2-5-13(10-14(11)16)17-6-8-18(9-7-17)15(19)12-3-4-12/h2,5,10,12H,3-4,6-9H2,1H3. The van der Waals surface area contributed by atoms with E-state index in [4.69, 9.17) is 0 Å². The average Bonchev–Trinajstić information content (AvgIpc) is 3.26. The minimum Gasteiger partial charge on any atom is -0.368 e. The molecule has 2 fully saturated rings. The van der Waals surface area contributed by atoms with Crippen LogP contribution in [0.1, 0.15) is 18.4 Å². The van der Waals surface area contributed by atoms with Gasteiger partial charge < -0.3 is 9.80 Å². The van der Waals surface area contributed by atoms with Crippen molar-refractivity contribution < 1.29 is 4.79 Å². The number of piperazine rings is 1. The molecule has 3 rings (SSSR count). The van der Waals surface area contributed by atoms with Gasteiger partial charge in [-0.25, -0.2) is 0 Å². The van der Waals surface area contributed by atoms with Crippen LogP contribution in [0.4, 0.5) is 5.69 Å². The molecule has 0 spiro atoms. The molecule has 0 atom stereocenters. The van der Waals surface area contributed by atoms with Crippen molar-refractivity contribution in [1.29, 1.82) is 0 Å². The second-order valence-corrected chi connectivity index (χ2v) is 6.37. The third-order valence-corrected chi connectivity index (χ3v) is 4.89. The lowest BCUT2D eigenvalue weighted by Crippen LogP contribution is -2.49. The molecule has 19 heavy (non-hydrogen) atoms. The number of carbonyl (C=O) groups is 1. The van der Waals surface area contributed by atoms with Crippen molar-refractivity contribution in [2.75, 3.05) is 31.1 Å². The maximum atomic E-state index is 12.0. The number of benzene rings is 1. The summed E-state index contributed by atoms with van der Waals surface area (Å²) in [7, 11) is 0. The molecule has 1 saturated heterocycles. The van der Waals surface area contributed by atoms with Gasteiger partial charge in [-0.05, 0) is 37.5 Å². The summed E-state index contributed by atoms with van der Waals surface area (Å²) in [6.07, 6.45) is 2.20. The summed E-state index contributed by atoms with van der Waals surface area (Å²) in [6, 6.07) is 6.48. The summed E-state index contributed by atoms with van der Waals surface area (Å²) in [5, 5.41) is 0. The Morgan fingerprint density at radius 2 is 1.89 bits per heavy atom. The highest BCUT2D eigenvalue weighted by Gasteiger charge is 2.34. The second kappa shape index (κ2) is 5.16. The Kier molecular flexibility index (Phi) is 3.52.